The molecule has 1 saturated carbocycles. The first-order valence-corrected chi connectivity index (χ1v) is 7.67. The predicted octanol–water partition coefficient (Wildman–Crippen LogP) is 0.750. The van der Waals surface area contributed by atoms with Crippen molar-refractivity contribution in [2.24, 2.45) is 17.1 Å². The first kappa shape index (κ1) is 15.7. The molecule has 2 aliphatic rings. The number of ether oxygens (including phenoxy) is 1. The van der Waals surface area contributed by atoms with E-state index in [4.69, 9.17) is 15.6 Å². The number of carbonyl (C=O) groups is 1. The van der Waals surface area contributed by atoms with E-state index in [1.54, 1.807) is 0 Å². The molecule has 0 spiro atoms. The zero-order valence-electron chi connectivity index (χ0n) is 12.9. The molecule has 1 aliphatic heterocycles. The quantitative estimate of drug-likeness (QED) is 0.781. The zero-order valence-corrected chi connectivity index (χ0v) is 12.9. The summed E-state index contributed by atoms with van der Waals surface area (Å²) in [6.45, 7) is 8.35. The lowest BCUT2D eigenvalue weighted by molar-refractivity contribution is -0.178. The van der Waals surface area contributed by atoms with Crippen molar-refractivity contribution in [3.63, 3.8) is 0 Å². The molecule has 0 aromatic carbocycles. The van der Waals surface area contributed by atoms with Crippen molar-refractivity contribution in [1.29, 1.82) is 0 Å². The summed E-state index contributed by atoms with van der Waals surface area (Å²) in [5.41, 5.74) is 5.29. The lowest BCUT2D eigenvalue weighted by Crippen LogP contribution is -2.75. The van der Waals surface area contributed by atoms with Crippen LogP contribution in [0, 0.1) is 11.3 Å². The van der Waals surface area contributed by atoms with Crippen LogP contribution in [0.2, 0.25) is 0 Å². The van der Waals surface area contributed by atoms with Crippen molar-refractivity contribution >= 4 is 5.91 Å². The van der Waals surface area contributed by atoms with Gasteiger partial charge in [0.2, 0.25) is 5.91 Å². The average Bonchev–Trinajstić information content (AvgIpc) is 2.86. The minimum atomic E-state index is -0.805. The number of aliphatic hydroxyl groups excluding tert-OH is 1. The summed E-state index contributed by atoms with van der Waals surface area (Å²) in [4.78, 5) is 14.6. The van der Waals surface area contributed by atoms with E-state index in [1.165, 1.54) is 0 Å². The van der Waals surface area contributed by atoms with Gasteiger partial charge in [-0.3, -0.25) is 4.79 Å². The molecule has 1 heterocycles. The molecule has 20 heavy (non-hydrogen) atoms. The van der Waals surface area contributed by atoms with Gasteiger partial charge < -0.3 is 20.5 Å². The number of aliphatic hydroxyl groups is 1. The van der Waals surface area contributed by atoms with Crippen LogP contribution in [0.4, 0.5) is 0 Å². The van der Waals surface area contributed by atoms with Gasteiger partial charge in [0.25, 0.3) is 0 Å². The summed E-state index contributed by atoms with van der Waals surface area (Å²) in [6, 6.07) is 0. The van der Waals surface area contributed by atoms with Crippen molar-refractivity contribution in [3.8, 4) is 0 Å². The van der Waals surface area contributed by atoms with Gasteiger partial charge in [0.15, 0.2) is 0 Å². The fourth-order valence-corrected chi connectivity index (χ4v) is 3.52. The number of hydrogen-bond donors (Lipinski definition) is 2. The lowest BCUT2D eigenvalue weighted by Gasteiger charge is -2.58. The van der Waals surface area contributed by atoms with Gasteiger partial charge >= 0.3 is 0 Å². The molecular weight excluding hydrogens is 256 g/mol. The molecule has 0 radical (unpaired) electrons. The molecule has 1 aliphatic carbocycles. The van der Waals surface area contributed by atoms with E-state index in [2.05, 4.69) is 0 Å². The fourth-order valence-electron chi connectivity index (χ4n) is 3.52. The Labute approximate surface area is 121 Å². The maximum atomic E-state index is 12.7. The number of amides is 1. The molecule has 1 saturated heterocycles. The van der Waals surface area contributed by atoms with Crippen LogP contribution in [0.15, 0.2) is 0 Å². The van der Waals surface area contributed by atoms with Gasteiger partial charge in [-0.15, -0.1) is 0 Å². The molecule has 2 rings (SSSR count). The molecular formula is C15H28N2O3. The smallest absolute Gasteiger partial charge is 0.243 e. The minimum Gasteiger partial charge on any atom is -0.396 e. The number of carbonyl (C=O) groups excluding carboxylic acids is 1. The Balaban J connectivity index is 2.00. The number of likely N-dealkylation sites (tertiary alicyclic amines) is 1. The monoisotopic (exact) mass is 284 g/mol. The van der Waals surface area contributed by atoms with Crippen LogP contribution in [-0.2, 0) is 9.53 Å². The van der Waals surface area contributed by atoms with Crippen molar-refractivity contribution in [3.05, 3.63) is 0 Å². The Morgan fingerprint density at radius 2 is 2.20 bits per heavy atom. The summed E-state index contributed by atoms with van der Waals surface area (Å²) in [5.74, 6) is 0.470. The van der Waals surface area contributed by atoms with E-state index in [0.717, 1.165) is 25.9 Å². The predicted molar refractivity (Wildman–Crippen MR) is 77.1 cm³/mol. The Morgan fingerprint density at radius 1 is 1.50 bits per heavy atom. The number of hydrogen-bond acceptors (Lipinski definition) is 4. The highest BCUT2D eigenvalue weighted by molar-refractivity contribution is 5.89. The largest absolute Gasteiger partial charge is 0.396 e. The van der Waals surface area contributed by atoms with E-state index in [9.17, 15) is 4.79 Å². The summed E-state index contributed by atoms with van der Waals surface area (Å²) >= 11 is 0. The molecule has 3 N–H and O–H groups in total. The average molecular weight is 284 g/mol. The Morgan fingerprint density at radius 3 is 2.75 bits per heavy atom. The third-order valence-electron chi connectivity index (χ3n) is 5.32. The van der Waals surface area contributed by atoms with Crippen molar-refractivity contribution < 1.29 is 14.6 Å². The van der Waals surface area contributed by atoms with Gasteiger partial charge in [-0.25, -0.2) is 0 Å². The van der Waals surface area contributed by atoms with Gasteiger partial charge in [-0.05, 0) is 25.7 Å². The van der Waals surface area contributed by atoms with Crippen LogP contribution < -0.4 is 5.73 Å². The first-order valence-electron chi connectivity index (χ1n) is 7.67. The molecule has 0 bridgehead atoms. The van der Waals surface area contributed by atoms with Crippen LogP contribution in [0.1, 0.15) is 40.0 Å². The minimum absolute atomic E-state index is 0.0545. The number of nitrogens with zero attached hydrogens (tertiary/aromatic N) is 1. The second kappa shape index (κ2) is 5.62. The van der Waals surface area contributed by atoms with Gasteiger partial charge in [-0.1, -0.05) is 13.8 Å². The van der Waals surface area contributed by atoms with Crippen LogP contribution in [0.3, 0.4) is 0 Å². The van der Waals surface area contributed by atoms with E-state index >= 15 is 0 Å². The van der Waals surface area contributed by atoms with Crippen LogP contribution in [0.25, 0.3) is 0 Å². The van der Waals surface area contributed by atoms with Crippen molar-refractivity contribution in [2.45, 2.75) is 51.7 Å². The second-order valence-corrected chi connectivity index (χ2v) is 6.76. The Bertz CT molecular complexity index is 372. The van der Waals surface area contributed by atoms with Crippen LogP contribution in [0.5, 0.6) is 0 Å². The molecule has 2 fully saturated rings. The Hall–Kier alpha value is -0.650. The lowest BCUT2D eigenvalue weighted by atomic mass is 9.54. The zero-order chi connectivity index (χ0) is 15.0. The Kier molecular flexibility index (Phi) is 4.42. The summed E-state index contributed by atoms with van der Waals surface area (Å²) < 4.78 is 5.68. The van der Waals surface area contributed by atoms with Gasteiger partial charge in [0.05, 0.1) is 6.10 Å². The molecule has 116 valence electrons. The number of rotatable bonds is 5. The van der Waals surface area contributed by atoms with E-state index in [-0.39, 0.29) is 24.0 Å². The highest BCUT2D eigenvalue weighted by atomic mass is 16.5. The fraction of sp³-hybridized carbons (Fsp3) is 0.933. The third kappa shape index (κ3) is 2.36. The van der Waals surface area contributed by atoms with Gasteiger partial charge in [-0.2, -0.15) is 0 Å². The molecule has 3 unspecified atom stereocenters. The SMILES string of the molecule is CCOC1CC(N)(C(=O)N2CCC(CCO)C2)C1(C)C. The van der Waals surface area contributed by atoms with Gasteiger partial charge in [0, 0.05) is 38.1 Å². The molecule has 0 aromatic heterocycles. The molecule has 5 heteroatoms. The molecule has 1 amide bonds. The standard InChI is InChI=1S/C15H28N2O3/c1-4-20-12-9-15(16,14(12,2)3)13(19)17-7-5-11(10-17)6-8-18/h11-12,18H,4-10,16H2,1-3H3. The van der Waals surface area contributed by atoms with Crippen LogP contribution in [-0.4, -0.2) is 53.9 Å². The van der Waals surface area contributed by atoms with Gasteiger partial charge in [0.1, 0.15) is 5.54 Å². The topological polar surface area (TPSA) is 75.8 Å². The summed E-state index contributed by atoms with van der Waals surface area (Å²) in [7, 11) is 0. The second-order valence-electron chi connectivity index (χ2n) is 6.76. The summed E-state index contributed by atoms with van der Waals surface area (Å²) in [6.07, 6.45) is 2.41. The highest BCUT2D eigenvalue weighted by Crippen LogP contribution is 2.50. The normalized spacial score (nSPS) is 36.0. The first-order chi connectivity index (χ1) is 9.36. The molecule has 5 nitrogen and oxygen atoms in total. The highest BCUT2D eigenvalue weighted by Gasteiger charge is 2.63. The van der Waals surface area contributed by atoms with E-state index < -0.39 is 5.54 Å². The van der Waals surface area contributed by atoms with E-state index in [1.807, 2.05) is 25.7 Å². The van der Waals surface area contributed by atoms with E-state index in [0.29, 0.717) is 18.9 Å². The maximum absolute atomic E-state index is 12.7. The van der Waals surface area contributed by atoms with Crippen molar-refractivity contribution in [2.75, 3.05) is 26.3 Å². The van der Waals surface area contributed by atoms with Crippen LogP contribution >= 0.6 is 0 Å². The summed E-state index contributed by atoms with van der Waals surface area (Å²) in [5, 5.41) is 9.00. The maximum Gasteiger partial charge on any atom is 0.243 e. The number of nitrogens with two attached hydrogens (primary N) is 1. The third-order valence-corrected chi connectivity index (χ3v) is 5.32. The van der Waals surface area contributed by atoms with Crippen molar-refractivity contribution in [1.82, 2.24) is 4.90 Å². The molecule has 0 aromatic rings. The molecule has 3 atom stereocenters.